The van der Waals surface area contributed by atoms with Crippen LogP contribution in [0.15, 0.2) is 33.0 Å². The van der Waals surface area contributed by atoms with E-state index in [1.54, 1.807) is 12.1 Å². The number of furan rings is 1. The van der Waals surface area contributed by atoms with Crippen LogP contribution in [-0.4, -0.2) is 43.7 Å². The molecule has 1 atom stereocenters. The number of nitrogens with zero attached hydrogens (tertiary/aromatic N) is 2. The molecule has 11 nitrogen and oxygen atoms in total. The first kappa shape index (κ1) is 16.0. The fourth-order valence-corrected chi connectivity index (χ4v) is 1.62. The third kappa shape index (κ3) is 3.64. The van der Waals surface area contributed by atoms with E-state index in [-0.39, 0.29) is 17.3 Å². The third-order valence-electron chi connectivity index (χ3n) is 2.64. The minimum atomic E-state index is -0.909. The molecule has 1 fully saturated rings. The van der Waals surface area contributed by atoms with Crippen LogP contribution in [-0.2, 0) is 14.2 Å². The van der Waals surface area contributed by atoms with E-state index in [9.17, 15) is 9.59 Å². The monoisotopic (exact) mass is 323 g/mol. The lowest BCUT2D eigenvalue weighted by atomic mass is 10.1. The van der Waals surface area contributed by atoms with Gasteiger partial charge in [-0.2, -0.15) is 10.2 Å². The summed E-state index contributed by atoms with van der Waals surface area (Å²) < 4.78 is 19.3. The van der Waals surface area contributed by atoms with Gasteiger partial charge < -0.3 is 18.6 Å². The van der Waals surface area contributed by atoms with Gasteiger partial charge in [-0.05, 0) is 12.1 Å². The Kier molecular flexibility index (Phi) is 4.92. The number of amides is 2. The summed E-state index contributed by atoms with van der Waals surface area (Å²) in [5, 5.41) is 15.3. The van der Waals surface area contributed by atoms with Gasteiger partial charge in [0.15, 0.2) is 11.5 Å². The van der Waals surface area contributed by atoms with Crippen LogP contribution in [0.2, 0.25) is 0 Å². The number of hydrogen-bond acceptors (Lipinski definition) is 9. The molecular weight excluding hydrogens is 310 g/mol. The van der Waals surface area contributed by atoms with Crippen molar-refractivity contribution in [3.63, 3.8) is 0 Å². The highest BCUT2D eigenvalue weighted by atomic mass is 16.5. The first-order chi connectivity index (χ1) is 11.1. The number of ether oxygens (including phenoxy) is 3. The van der Waals surface area contributed by atoms with Crippen LogP contribution in [0.1, 0.15) is 11.9 Å². The summed E-state index contributed by atoms with van der Waals surface area (Å²) in [5.41, 5.74) is 4.10. The van der Waals surface area contributed by atoms with E-state index < -0.39 is 18.3 Å². The number of nitrogens with one attached hydrogen (secondary N) is 3. The smallest absolute Gasteiger partial charge is 0.427 e. The van der Waals surface area contributed by atoms with Gasteiger partial charge in [-0.3, -0.25) is 5.41 Å². The van der Waals surface area contributed by atoms with Gasteiger partial charge in [0.2, 0.25) is 12.0 Å². The highest BCUT2D eigenvalue weighted by Crippen LogP contribution is 2.26. The molecule has 0 spiro atoms. The zero-order chi connectivity index (χ0) is 16.8. The minimum absolute atomic E-state index is 0.0479. The zero-order valence-electron chi connectivity index (χ0n) is 12.2. The Labute approximate surface area is 129 Å². The normalized spacial score (nSPS) is 20.3. The molecule has 23 heavy (non-hydrogen) atoms. The van der Waals surface area contributed by atoms with Gasteiger partial charge in [0, 0.05) is 0 Å². The average molecular weight is 323 g/mol. The molecule has 0 saturated carbocycles. The molecule has 11 heteroatoms. The van der Waals surface area contributed by atoms with E-state index in [1.165, 1.54) is 13.4 Å². The number of hydrazone groups is 2. The highest BCUT2D eigenvalue weighted by Gasteiger charge is 2.39. The number of hydrogen-bond donors (Lipinski definition) is 3. The topological polar surface area (TPSA) is 148 Å². The van der Waals surface area contributed by atoms with E-state index in [1.807, 2.05) is 0 Å². The van der Waals surface area contributed by atoms with Crippen molar-refractivity contribution in [2.24, 2.45) is 10.2 Å². The molecule has 0 aromatic carbocycles. The molecule has 1 aliphatic heterocycles. The standard InChI is InChI=1S/C12H13N5O6/c1-20-11(18)16-14-7-8(15-17-12(19)21-2)10(13)23-9(7)6-4-3-5-22-6/h3-5,9,13H,1-2H3,(H,16,18)(H,17,19)/b13-10?,14-7+,15-8+/t9-/m0/s1. The summed E-state index contributed by atoms with van der Waals surface area (Å²) in [7, 11) is 2.33. The van der Waals surface area contributed by atoms with Gasteiger partial charge in [-0.15, -0.1) is 0 Å². The first-order valence-electron chi connectivity index (χ1n) is 6.19. The Hall–Kier alpha value is -3.37. The predicted molar refractivity (Wildman–Crippen MR) is 76.2 cm³/mol. The molecule has 1 aromatic rings. The fraction of sp³-hybridized carbons (Fsp3) is 0.250. The molecular formula is C12H13N5O6. The summed E-state index contributed by atoms with van der Waals surface area (Å²) in [4.78, 5) is 22.3. The second-order valence-electron chi connectivity index (χ2n) is 4.01. The van der Waals surface area contributed by atoms with Crippen LogP contribution in [0.3, 0.4) is 0 Å². The average Bonchev–Trinajstić information content (AvgIpc) is 3.18. The maximum atomic E-state index is 11.2. The van der Waals surface area contributed by atoms with Gasteiger partial charge in [-0.25, -0.2) is 20.4 Å². The Morgan fingerprint density at radius 2 is 1.87 bits per heavy atom. The van der Waals surface area contributed by atoms with Crippen molar-refractivity contribution in [1.29, 1.82) is 5.41 Å². The van der Waals surface area contributed by atoms with Gasteiger partial charge in [0.25, 0.3) is 0 Å². The largest absolute Gasteiger partial charge is 0.465 e. The predicted octanol–water partition coefficient (Wildman–Crippen LogP) is 0.752. The molecule has 1 saturated heterocycles. The molecule has 1 aliphatic rings. The van der Waals surface area contributed by atoms with Crippen molar-refractivity contribution < 1.29 is 28.2 Å². The highest BCUT2D eigenvalue weighted by molar-refractivity contribution is 6.69. The molecule has 0 radical (unpaired) electrons. The molecule has 2 amide bonds. The molecule has 2 rings (SSSR count). The summed E-state index contributed by atoms with van der Waals surface area (Å²) in [6, 6.07) is 3.22. The minimum Gasteiger partial charge on any atom is -0.465 e. The summed E-state index contributed by atoms with van der Waals surface area (Å²) in [6.45, 7) is 0. The van der Waals surface area contributed by atoms with Crippen molar-refractivity contribution in [1.82, 2.24) is 10.9 Å². The quantitative estimate of drug-likeness (QED) is 0.699. The van der Waals surface area contributed by atoms with Gasteiger partial charge in [0.1, 0.15) is 5.71 Å². The second-order valence-corrected chi connectivity index (χ2v) is 4.01. The number of carbonyl (C=O) groups is 2. The van der Waals surface area contributed by atoms with Crippen LogP contribution in [0.5, 0.6) is 0 Å². The van der Waals surface area contributed by atoms with Gasteiger partial charge in [0.05, 0.1) is 20.5 Å². The molecule has 2 heterocycles. The van der Waals surface area contributed by atoms with Crippen LogP contribution in [0.25, 0.3) is 0 Å². The summed E-state index contributed by atoms with van der Waals surface area (Å²) in [5.74, 6) is -0.0309. The second kappa shape index (κ2) is 7.06. The summed E-state index contributed by atoms with van der Waals surface area (Å²) >= 11 is 0. The van der Waals surface area contributed by atoms with Crippen molar-refractivity contribution in [3.8, 4) is 0 Å². The molecule has 0 aliphatic carbocycles. The molecule has 122 valence electrons. The molecule has 3 N–H and O–H groups in total. The zero-order valence-corrected chi connectivity index (χ0v) is 12.2. The fourth-order valence-electron chi connectivity index (χ4n) is 1.62. The van der Waals surface area contributed by atoms with E-state index in [4.69, 9.17) is 14.6 Å². The van der Waals surface area contributed by atoms with Crippen LogP contribution < -0.4 is 10.9 Å². The van der Waals surface area contributed by atoms with Crippen molar-refractivity contribution >= 4 is 29.5 Å². The van der Waals surface area contributed by atoms with Crippen LogP contribution in [0, 0.1) is 5.41 Å². The lowest BCUT2D eigenvalue weighted by Crippen LogP contribution is -2.27. The lowest BCUT2D eigenvalue weighted by molar-refractivity contribution is 0.170. The Morgan fingerprint density at radius 1 is 1.22 bits per heavy atom. The Morgan fingerprint density at radius 3 is 2.43 bits per heavy atom. The Bertz CT molecular complexity index is 665. The van der Waals surface area contributed by atoms with E-state index >= 15 is 0 Å². The number of rotatable bonds is 3. The van der Waals surface area contributed by atoms with Gasteiger partial charge in [-0.1, -0.05) is 0 Å². The summed E-state index contributed by atoms with van der Waals surface area (Å²) in [6.07, 6.45) is -1.16. The molecule has 1 aromatic heterocycles. The molecule has 0 unspecified atom stereocenters. The van der Waals surface area contributed by atoms with E-state index in [0.717, 1.165) is 7.11 Å². The first-order valence-corrected chi connectivity index (χ1v) is 6.19. The van der Waals surface area contributed by atoms with Gasteiger partial charge >= 0.3 is 12.2 Å². The van der Waals surface area contributed by atoms with Crippen molar-refractivity contribution in [3.05, 3.63) is 24.2 Å². The number of methoxy groups -OCH3 is 2. The maximum absolute atomic E-state index is 11.2. The van der Waals surface area contributed by atoms with Crippen LogP contribution in [0.4, 0.5) is 9.59 Å². The maximum Gasteiger partial charge on any atom is 0.427 e. The lowest BCUT2D eigenvalue weighted by Gasteiger charge is -2.06. The van der Waals surface area contributed by atoms with Crippen molar-refractivity contribution in [2.75, 3.05) is 14.2 Å². The number of carbonyl (C=O) groups excluding carboxylic acids is 2. The third-order valence-corrected chi connectivity index (χ3v) is 2.64. The SMILES string of the molecule is COC(=O)N/N=C1/C(=N)O[C@@H](c2ccco2)/C1=N/NC(=O)OC. The van der Waals surface area contributed by atoms with E-state index in [2.05, 4.69) is 30.5 Å². The Balaban J connectivity index is 2.33. The van der Waals surface area contributed by atoms with E-state index in [0.29, 0.717) is 5.76 Å². The van der Waals surface area contributed by atoms with Crippen molar-refractivity contribution in [2.45, 2.75) is 6.10 Å². The van der Waals surface area contributed by atoms with Crippen LogP contribution >= 0.6 is 0 Å². The molecule has 0 bridgehead atoms.